The Hall–Kier alpha value is -2.72. The second kappa shape index (κ2) is 13.1. The van der Waals surface area contributed by atoms with Crippen LogP contribution in [-0.2, 0) is 28.7 Å². The zero-order valence-corrected chi connectivity index (χ0v) is 26.8. The number of hydrogen-bond acceptors (Lipinski definition) is 7. The molecule has 6 atom stereocenters. The molecule has 2 saturated heterocycles. The molecule has 10 nitrogen and oxygen atoms in total. The summed E-state index contributed by atoms with van der Waals surface area (Å²) in [7, 11) is 0. The van der Waals surface area contributed by atoms with Gasteiger partial charge in [0.1, 0.15) is 23.7 Å². The molecule has 4 aliphatic heterocycles. The summed E-state index contributed by atoms with van der Waals surface area (Å²) in [4.78, 5) is 58.6. The van der Waals surface area contributed by atoms with Crippen molar-refractivity contribution in [1.82, 2.24) is 15.1 Å². The highest BCUT2D eigenvalue weighted by molar-refractivity contribution is 5.99. The molecule has 1 spiro atoms. The number of cyclic esters (lactones) is 1. The summed E-state index contributed by atoms with van der Waals surface area (Å²) in [6, 6.07) is -0.925. The van der Waals surface area contributed by atoms with E-state index in [0.717, 1.165) is 19.3 Å². The third-order valence-electron chi connectivity index (χ3n) is 9.03. The van der Waals surface area contributed by atoms with Gasteiger partial charge in [-0.3, -0.25) is 19.2 Å². The SMILES string of the molecule is C[C@@H]1CNC(=O)CC/C=C\[C@H]2O[C@]34C=CCN(C(C)(C)CC(C)(C)C)C(=O)[C@H]3N(CCCCCCO)C(=O)[C@@H]4[C@H]2C(=O)O1. The maximum Gasteiger partial charge on any atom is 0.313 e. The third kappa shape index (κ3) is 7.00. The van der Waals surface area contributed by atoms with Crippen molar-refractivity contribution in [2.24, 2.45) is 17.3 Å². The van der Waals surface area contributed by atoms with Crippen LogP contribution >= 0.6 is 0 Å². The first-order chi connectivity index (χ1) is 20.2. The Kier molecular flexibility index (Phi) is 10.1. The van der Waals surface area contributed by atoms with Gasteiger partial charge in [0.25, 0.3) is 0 Å². The van der Waals surface area contributed by atoms with Crippen molar-refractivity contribution in [3.8, 4) is 0 Å². The van der Waals surface area contributed by atoms with E-state index < -0.39 is 47.2 Å². The summed E-state index contributed by atoms with van der Waals surface area (Å²) in [5.74, 6) is -3.00. The molecule has 2 N–H and O–H groups in total. The number of fused-ring (bicyclic) bond motifs is 2. The van der Waals surface area contributed by atoms with Crippen molar-refractivity contribution >= 4 is 23.7 Å². The predicted molar refractivity (Wildman–Crippen MR) is 162 cm³/mol. The number of amides is 3. The van der Waals surface area contributed by atoms with E-state index >= 15 is 0 Å². The van der Waals surface area contributed by atoms with Crippen molar-refractivity contribution in [3.05, 3.63) is 24.3 Å². The summed E-state index contributed by atoms with van der Waals surface area (Å²) in [5.41, 5.74) is -1.87. The summed E-state index contributed by atoms with van der Waals surface area (Å²) in [5, 5.41) is 12.0. The lowest BCUT2D eigenvalue weighted by atomic mass is 9.77. The lowest BCUT2D eigenvalue weighted by Gasteiger charge is -2.44. The summed E-state index contributed by atoms with van der Waals surface area (Å²) in [6.45, 7) is 13.3. The van der Waals surface area contributed by atoms with Crippen LogP contribution < -0.4 is 5.32 Å². The van der Waals surface area contributed by atoms with E-state index in [0.29, 0.717) is 32.4 Å². The number of aliphatic hydroxyl groups excluding tert-OH is 1. The predicted octanol–water partition coefficient (Wildman–Crippen LogP) is 3.13. The standard InChI is InChI=1S/C33H51N3O7/c1-22-20-34-24(38)15-10-9-14-23-25(30(41)42-22)26-28(39)35(17-11-7-8-12-19-37)27-29(40)36(18-13-16-33(26,27)43-23)32(5,6)21-31(2,3)4/h9,13-14,16,22-23,25-27,37H,7-8,10-12,15,17-21H2,1-6H3,(H,34,38)/b14-9-/t22-,23-,25+,26+,27-,33+/m1/s1. The Morgan fingerprint density at radius 1 is 1.02 bits per heavy atom. The fraction of sp³-hybridized carbons (Fsp3) is 0.758. The number of likely N-dealkylation sites (tertiary alicyclic amines) is 1. The van der Waals surface area contributed by atoms with Crippen LogP contribution in [0.5, 0.6) is 0 Å². The van der Waals surface area contributed by atoms with Crippen molar-refractivity contribution < 1.29 is 33.8 Å². The second-order valence-corrected chi connectivity index (χ2v) is 14.4. The van der Waals surface area contributed by atoms with Gasteiger partial charge < -0.3 is 29.7 Å². The maximum atomic E-state index is 14.7. The maximum absolute atomic E-state index is 14.7. The fourth-order valence-corrected chi connectivity index (χ4v) is 7.59. The number of rotatable bonds is 8. The normalized spacial score (nSPS) is 32.7. The van der Waals surface area contributed by atoms with E-state index in [2.05, 4.69) is 39.9 Å². The number of nitrogens with one attached hydrogen (secondary N) is 1. The molecule has 0 aliphatic carbocycles. The number of ether oxygens (including phenoxy) is 2. The van der Waals surface area contributed by atoms with Gasteiger partial charge in [-0.15, -0.1) is 0 Å². The van der Waals surface area contributed by atoms with Crippen LogP contribution in [-0.4, -0.2) is 94.2 Å². The van der Waals surface area contributed by atoms with E-state index in [4.69, 9.17) is 9.47 Å². The highest BCUT2D eigenvalue weighted by Gasteiger charge is 2.72. The smallest absolute Gasteiger partial charge is 0.313 e. The van der Waals surface area contributed by atoms with Gasteiger partial charge in [0.05, 0.1) is 18.6 Å². The molecule has 10 heteroatoms. The highest BCUT2D eigenvalue weighted by atomic mass is 16.6. The summed E-state index contributed by atoms with van der Waals surface area (Å²) in [6.07, 6.45) is 10.4. The van der Waals surface area contributed by atoms with Crippen molar-refractivity contribution in [2.45, 2.75) is 116 Å². The van der Waals surface area contributed by atoms with E-state index in [1.807, 2.05) is 23.1 Å². The van der Waals surface area contributed by atoms with E-state index in [9.17, 15) is 24.3 Å². The minimum atomic E-state index is -1.33. The van der Waals surface area contributed by atoms with Gasteiger partial charge in [0, 0.05) is 31.7 Å². The Morgan fingerprint density at radius 2 is 1.74 bits per heavy atom. The number of carbonyl (C=O) groups is 4. The van der Waals surface area contributed by atoms with Gasteiger partial charge in [-0.25, -0.2) is 0 Å². The molecule has 4 heterocycles. The third-order valence-corrected chi connectivity index (χ3v) is 9.03. The molecule has 4 rings (SSSR count). The molecule has 0 aromatic heterocycles. The van der Waals surface area contributed by atoms with E-state index in [1.54, 1.807) is 17.9 Å². The average Bonchev–Trinajstić information content (AvgIpc) is 3.28. The first-order valence-corrected chi connectivity index (χ1v) is 15.9. The van der Waals surface area contributed by atoms with Crippen LogP contribution in [0, 0.1) is 17.3 Å². The van der Waals surface area contributed by atoms with E-state index in [-0.39, 0.29) is 42.7 Å². The number of allylic oxidation sites excluding steroid dienone is 1. The Morgan fingerprint density at radius 3 is 2.44 bits per heavy atom. The zero-order valence-electron chi connectivity index (χ0n) is 26.8. The number of hydrogen-bond donors (Lipinski definition) is 2. The van der Waals surface area contributed by atoms with Crippen molar-refractivity contribution in [2.75, 3.05) is 26.2 Å². The molecule has 0 bridgehead atoms. The molecule has 43 heavy (non-hydrogen) atoms. The van der Waals surface area contributed by atoms with Gasteiger partial charge in [-0.2, -0.15) is 0 Å². The van der Waals surface area contributed by atoms with E-state index in [1.165, 1.54) is 0 Å². The zero-order chi connectivity index (χ0) is 31.6. The van der Waals surface area contributed by atoms with Gasteiger partial charge >= 0.3 is 5.97 Å². The van der Waals surface area contributed by atoms with Crippen LogP contribution in [0.3, 0.4) is 0 Å². The number of esters is 1. The van der Waals surface area contributed by atoms with Crippen LogP contribution in [0.1, 0.15) is 86.5 Å². The monoisotopic (exact) mass is 601 g/mol. The summed E-state index contributed by atoms with van der Waals surface area (Å²) >= 11 is 0. The first-order valence-electron chi connectivity index (χ1n) is 15.9. The molecule has 0 saturated carbocycles. The Bertz CT molecular complexity index is 1130. The molecule has 3 amide bonds. The highest BCUT2D eigenvalue weighted by Crippen LogP contribution is 2.53. The Labute approximate surface area is 256 Å². The number of unbranched alkanes of at least 4 members (excludes halogenated alkanes) is 3. The lowest BCUT2D eigenvalue weighted by Crippen LogP contribution is -2.59. The number of aliphatic hydroxyl groups is 1. The van der Waals surface area contributed by atoms with Gasteiger partial charge in [-0.1, -0.05) is 57.9 Å². The van der Waals surface area contributed by atoms with Crippen LogP contribution in [0.15, 0.2) is 24.3 Å². The molecular formula is C33H51N3O7. The summed E-state index contributed by atoms with van der Waals surface area (Å²) < 4.78 is 12.5. The molecule has 0 radical (unpaired) electrons. The van der Waals surface area contributed by atoms with Crippen molar-refractivity contribution in [1.29, 1.82) is 0 Å². The molecule has 4 aliphatic rings. The molecule has 240 valence electrons. The molecule has 2 fully saturated rings. The average molecular weight is 602 g/mol. The largest absolute Gasteiger partial charge is 0.460 e. The molecule has 0 unspecified atom stereocenters. The molecule has 0 aromatic rings. The van der Waals surface area contributed by atoms with Crippen LogP contribution in [0.4, 0.5) is 0 Å². The first kappa shape index (κ1) is 33.2. The molecule has 0 aromatic carbocycles. The second-order valence-electron chi connectivity index (χ2n) is 14.4. The number of nitrogens with zero attached hydrogens (tertiary/aromatic N) is 2. The van der Waals surface area contributed by atoms with Crippen molar-refractivity contribution in [3.63, 3.8) is 0 Å². The van der Waals surface area contributed by atoms with Gasteiger partial charge in [0.15, 0.2) is 0 Å². The number of carbonyl (C=O) groups excluding carboxylic acids is 4. The minimum absolute atomic E-state index is 0.0385. The minimum Gasteiger partial charge on any atom is -0.460 e. The molecular weight excluding hydrogens is 550 g/mol. The topological polar surface area (TPSA) is 125 Å². The fourth-order valence-electron chi connectivity index (χ4n) is 7.59. The van der Waals surface area contributed by atoms with Gasteiger partial charge in [-0.05, 0) is 51.9 Å². The van der Waals surface area contributed by atoms with Crippen LogP contribution in [0.25, 0.3) is 0 Å². The van der Waals surface area contributed by atoms with Crippen LogP contribution in [0.2, 0.25) is 0 Å². The van der Waals surface area contributed by atoms with Gasteiger partial charge in [0.2, 0.25) is 17.7 Å². The Balaban J connectivity index is 1.75. The lowest BCUT2D eigenvalue weighted by molar-refractivity contribution is -0.159. The quantitative estimate of drug-likeness (QED) is 0.249.